The smallest absolute Gasteiger partial charge is 0.243 e. The second kappa shape index (κ2) is 8.28. The van der Waals surface area contributed by atoms with Crippen LogP contribution in [-0.2, 0) is 14.8 Å². The minimum absolute atomic E-state index is 0.102. The van der Waals surface area contributed by atoms with Crippen LogP contribution in [0.3, 0.4) is 0 Å². The van der Waals surface area contributed by atoms with E-state index in [0.29, 0.717) is 31.1 Å². The summed E-state index contributed by atoms with van der Waals surface area (Å²) >= 11 is 0. The van der Waals surface area contributed by atoms with Gasteiger partial charge in [0.2, 0.25) is 15.9 Å². The van der Waals surface area contributed by atoms with E-state index in [9.17, 15) is 13.2 Å². The number of benzene rings is 1. The van der Waals surface area contributed by atoms with Crippen molar-refractivity contribution in [2.75, 3.05) is 25.0 Å². The number of rotatable bonds is 8. The van der Waals surface area contributed by atoms with Gasteiger partial charge in [-0.3, -0.25) is 4.79 Å². The van der Waals surface area contributed by atoms with Gasteiger partial charge in [-0.15, -0.1) is 0 Å². The third-order valence-electron chi connectivity index (χ3n) is 3.27. The SMILES string of the molecule is CCOc1ccc(S(=O)(=O)N(CC)CC)cc1NC(=O)[C@H](C)N. The molecule has 0 spiro atoms. The molecule has 0 unspecified atom stereocenters. The molecule has 23 heavy (non-hydrogen) atoms. The van der Waals surface area contributed by atoms with Gasteiger partial charge in [0.05, 0.1) is 23.2 Å². The average molecular weight is 343 g/mol. The second-order valence-corrected chi connectivity index (χ2v) is 6.90. The summed E-state index contributed by atoms with van der Waals surface area (Å²) in [6.07, 6.45) is 0. The molecule has 0 aromatic heterocycles. The predicted octanol–water partition coefficient (Wildman–Crippen LogP) is 1.40. The normalized spacial score (nSPS) is 13.0. The van der Waals surface area contributed by atoms with Crippen molar-refractivity contribution in [2.45, 2.75) is 38.6 Å². The molecule has 0 saturated carbocycles. The molecule has 7 nitrogen and oxygen atoms in total. The van der Waals surface area contributed by atoms with E-state index in [1.54, 1.807) is 27.7 Å². The number of amides is 1. The molecule has 8 heteroatoms. The third-order valence-corrected chi connectivity index (χ3v) is 5.31. The molecular formula is C15H25N3O4S. The third kappa shape index (κ3) is 4.66. The lowest BCUT2D eigenvalue weighted by atomic mass is 10.2. The first kappa shape index (κ1) is 19.4. The number of hydrogen-bond acceptors (Lipinski definition) is 5. The molecule has 1 aromatic carbocycles. The van der Waals surface area contributed by atoms with E-state index in [1.165, 1.54) is 22.5 Å². The first-order valence-corrected chi connectivity index (χ1v) is 9.05. The number of carbonyl (C=O) groups is 1. The Morgan fingerprint density at radius 2 is 1.91 bits per heavy atom. The van der Waals surface area contributed by atoms with Gasteiger partial charge in [-0.05, 0) is 32.0 Å². The van der Waals surface area contributed by atoms with Gasteiger partial charge < -0.3 is 15.8 Å². The lowest BCUT2D eigenvalue weighted by Crippen LogP contribution is -2.33. The van der Waals surface area contributed by atoms with E-state index >= 15 is 0 Å². The Kier molecular flexibility index (Phi) is 6.99. The van der Waals surface area contributed by atoms with Gasteiger partial charge in [0.25, 0.3) is 0 Å². The van der Waals surface area contributed by atoms with Crippen molar-refractivity contribution in [3.05, 3.63) is 18.2 Å². The van der Waals surface area contributed by atoms with Crippen molar-refractivity contribution in [3.8, 4) is 5.75 Å². The van der Waals surface area contributed by atoms with Gasteiger partial charge in [0.1, 0.15) is 5.75 Å². The van der Waals surface area contributed by atoms with Crippen molar-refractivity contribution in [3.63, 3.8) is 0 Å². The highest BCUT2D eigenvalue weighted by Gasteiger charge is 2.23. The zero-order valence-corrected chi connectivity index (χ0v) is 14.8. The largest absolute Gasteiger partial charge is 0.492 e. The van der Waals surface area contributed by atoms with Gasteiger partial charge in [-0.1, -0.05) is 13.8 Å². The number of hydrogen-bond donors (Lipinski definition) is 2. The molecule has 0 radical (unpaired) electrons. The van der Waals surface area contributed by atoms with Gasteiger partial charge >= 0.3 is 0 Å². The average Bonchev–Trinajstić information content (AvgIpc) is 2.49. The zero-order valence-electron chi connectivity index (χ0n) is 14.0. The Labute approximate surface area is 137 Å². The van der Waals surface area contributed by atoms with Crippen LogP contribution >= 0.6 is 0 Å². The minimum atomic E-state index is -3.62. The number of nitrogens with two attached hydrogens (primary N) is 1. The van der Waals surface area contributed by atoms with Gasteiger partial charge in [0, 0.05) is 13.1 Å². The molecule has 1 aromatic rings. The van der Waals surface area contributed by atoms with Crippen LogP contribution in [-0.4, -0.2) is 44.4 Å². The lowest BCUT2D eigenvalue weighted by Gasteiger charge is -2.20. The predicted molar refractivity (Wildman–Crippen MR) is 90.0 cm³/mol. The maximum absolute atomic E-state index is 12.6. The summed E-state index contributed by atoms with van der Waals surface area (Å²) in [5, 5.41) is 2.61. The standard InChI is InChI=1S/C15H25N3O4S/c1-5-18(6-2)23(20,21)12-8-9-14(22-7-3)13(10-12)17-15(19)11(4)16/h8-11H,5-7,16H2,1-4H3,(H,17,19)/t11-/m0/s1. The van der Waals surface area contributed by atoms with Crippen LogP contribution in [0.25, 0.3) is 0 Å². The quantitative estimate of drug-likeness (QED) is 0.743. The van der Waals surface area contributed by atoms with Crippen LogP contribution in [0, 0.1) is 0 Å². The van der Waals surface area contributed by atoms with E-state index < -0.39 is 22.0 Å². The number of nitrogens with one attached hydrogen (secondary N) is 1. The van der Waals surface area contributed by atoms with Crippen LogP contribution in [0.5, 0.6) is 5.75 Å². The molecule has 0 aliphatic carbocycles. The number of nitrogens with zero attached hydrogens (tertiary/aromatic N) is 1. The number of carbonyl (C=O) groups excluding carboxylic acids is 1. The van der Waals surface area contributed by atoms with Crippen LogP contribution in [0.15, 0.2) is 23.1 Å². The Hall–Kier alpha value is -1.64. The van der Waals surface area contributed by atoms with Crippen molar-refractivity contribution in [1.29, 1.82) is 0 Å². The highest BCUT2D eigenvalue weighted by molar-refractivity contribution is 7.89. The molecule has 130 valence electrons. The molecule has 1 amide bonds. The van der Waals surface area contributed by atoms with E-state index in [2.05, 4.69) is 5.32 Å². The Bertz CT molecular complexity index is 640. The second-order valence-electron chi connectivity index (χ2n) is 4.96. The summed E-state index contributed by atoms with van der Waals surface area (Å²) in [6, 6.07) is 3.70. The summed E-state index contributed by atoms with van der Waals surface area (Å²) in [5.41, 5.74) is 5.84. The van der Waals surface area contributed by atoms with Gasteiger partial charge in [-0.2, -0.15) is 4.31 Å². The number of anilines is 1. The van der Waals surface area contributed by atoms with Crippen LogP contribution in [0.4, 0.5) is 5.69 Å². The zero-order chi connectivity index (χ0) is 17.6. The Morgan fingerprint density at radius 3 is 2.39 bits per heavy atom. The van der Waals surface area contributed by atoms with Crippen molar-refractivity contribution < 1.29 is 17.9 Å². The maximum Gasteiger partial charge on any atom is 0.243 e. The lowest BCUT2D eigenvalue weighted by molar-refractivity contribution is -0.117. The highest BCUT2D eigenvalue weighted by Crippen LogP contribution is 2.29. The highest BCUT2D eigenvalue weighted by atomic mass is 32.2. The topological polar surface area (TPSA) is 102 Å². The summed E-state index contributed by atoms with van der Waals surface area (Å²) in [5.74, 6) is -0.0108. The van der Waals surface area contributed by atoms with E-state index in [0.717, 1.165) is 0 Å². The van der Waals surface area contributed by atoms with E-state index in [1.807, 2.05) is 0 Å². The minimum Gasteiger partial charge on any atom is -0.492 e. The summed E-state index contributed by atoms with van der Waals surface area (Å²) in [7, 11) is -3.62. The van der Waals surface area contributed by atoms with Crippen molar-refractivity contribution in [2.24, 2.45) is 5.73 Å². The molecule has 1 atom stereocenters. The molecular weight excluding hydrogens is 318 g/mol. The van der Waals surface area contributed by atoms with E-state index in [4.69, 9.17) is 10.5 Å². The molecule has 0 saturated heterocycles. The van der Waals surface area contributed by atoms with Crippen molar-refractivity contribution >= 4 is 21.6 Å². The number of ether oxygens (including phenoxy) is 1. The molecule has 0 heterocycles. The molecule has 3 N–H and O–H groups in total. The molecule has 0 aliphatic rings. The first-order valence-electron chi connectivity index (χ1n) is 7.61. The monoisotopic (exact) mass is 343 g/mol. The van der Waals surface area contributed by atoms with Gasteiger partial charge in [0.15, 0.2) is 0 Å². The number of sulfonamides is 1. The van der Waals surface area contributed by atoms with Gasteiger partial charge in [-0.25, -0.2) is 8.42 Å². The van der Waals surface area contributed by atoms with Crippen molar-refractivity contribution in [1.82, 2.24) is 4.31 Å². The summed E-state index contributed by atoms with van der Waals surface area (Å²) < 4.78 is 31.9. The fourth-order valence-electron chi connectivity index (χ4n) is 2.01. The Balaban J connectivity index is 3.30. The molecule has 0 aliphatic heterocycles. The van der Waals surface area contributed by atoms with Crippen LogP contribution < -0.4 is 15.8 Å². The maximum atomic E-state index is 12.6. The molecule has 1 rings (SSSR count). The summed E-state index contributed by atoms with van der Waals surface area (Å²) in [6.45, 7) is 8.02. The van der Waals surface area contributed by atoms with Crippen LogP contribution in [0.2, 0.25) is 0 Å². The fraction of sp³-hybridized carbons (Fsp3) is 0.533. The fourth-order valence-corrected chi connectivity index (χ4v) is 3.49. The molecule has 0 bridgehead atoms. The van der Waals surface area contributed by atoms with E-state index in [-0.39, 0.29) is 4.90 Å². The van der Waals surface area contributed by atoms with Crippen LogP contribution in [0.1, 0.15) is 27.7 Å². The molecule has 0 fully saturated rings. The first-order chi connectivity index (χ1) is 10.8. The Morgan fingerprint density at radius 1 is 1.30 bits per heavy atom. The summed E-state index contributed by atoms with van der Waals surface area (Å²) in [4.78, 5) is 11.9.